The van der Waals surface area contributed by atoms with Gasteiger partial charge >= 0.3 is 0 Å². The second-order valence-electron chi connectivity index (χ2n) is 4.66. The van der Waals surface area contributed by atoms with Crippen LogP contribution in [0.15, 0.2) is 23.3 Å². The molecular weight excluding hydrogens is 172 g/mol. The fourth-order valence-corrected chi connectivity index (χ4v) is 2.11. The molecule has 1 heteroatoms. The van der Waals surface area contributed by atoms with E-state index in [0.29, 0.717) is 17.6 Å². The lowest BCUT2D eigenvalue weighted by Gasteiger charge is -2.27. The molecule has 0 saturated carbocycles. The third-order valence-corrected chi connectivity index (χ3v) is 2.96. The summed E-state index contributed by atoms with van der Waals surface area (Å²) in [4.78, 5) is 11.3. The first-order valence-corrected chi connectivity index (χ1v) is 5.35. The van der Waals surface area contributed by atoms with E-state index in [4.69, 9.17) is 0 Å². The molecule has 0 bridgehead atoms. The minimum absolute atomic E-state index is 0.295. The largest absolute Gasteiger partial charge is 0.295 e. The van der Waals surface area contributed by atoms with Crippen molar-refractivity contribution in [2.75, 3.05) is 0 Å². The van der Waals surface area contributed by atoms with Crippen LogP contribution in [0.5, 0.6) is 0 Å². The normalized spacial score (nSPS) is 27.1. The molecule has 1 aliphatic rings. The van der Waals surface area contributed by atoms with Crippen LogP contribution in [0.2, 0.25) is 0 Å². The molecule has 2 atom stereocenters. The van der Waals surface area contributed by atoms with E-state index in [1.54, 1.807) is 0 Å². The van der Waals surface area contributed by atoms with Crippen LogP contribution in [0.3, 0.4) is 0 Å². The maximum atomic E-state index is 11.3. The molecule has 0 heterocycles. The third kappa shape index (κ3) is 2.83. The van der Waals surface area contributed by atoms with E-state index in [1.165, 1.54) is 11.1 Å². The van der Waals surface area contributed by atoms with Gasteiger partial charge in [0.15, 0.2) is 5.78 Å². The van der Waals surface area contributed by atoms with Crippen molar-refractivity contribution in [2.24, 2.45) is 11.8 Å². The molecule has 0 spiro atoms. The van der Waals surface area contributed by atoms with E-state index in [1.807, 2.05) is 6.08 Å². The Labute approximate surface area is 86.9 Å². The number of rotatable bonds is 2. The Hall–Kier alpha value is -0.850. The van der Waals surface area contributed by atoms with Gasteiger partial charge < -0.3 is 0 Å². The van der Waals surface area contributed by atoms with Crippen LogP contribution in [-0.2, 0) is 4.79 Å². The second kappa shape index (κ2) is 4.59. The smallest absolute Gasteiger partial charge is 0.155 e. The van der Waals surface area contributed by atoms with E-state index >= 15 is 0 Å². The summed E-state index contributed by atoms with van der Waals surface area (Å²) in [5.41, 5.74) is 2.62. The number of hydrogen-bond acceptors (Lipinski definition) is 1. The van der Waals surface area contributed by atoms with Gasteiger partial charge in [-0.2, -0.15) is 0 Å². The molecule has 1 rings (SSSR count). The van der Waals surface area contributed by atoms with Gasteiger partial charge in [0.05, 0.1) is 0 Å². The number of carbonyl (C=O) groups is 1. The zero-order chi connectivity index (χ0) is 10.7. The first kappa shape index (κ1) is 11.2. The third-order valence-electron chi connectivity index (χ3n) is 2.96. The van der Waals surface area contributed by atoms with E-state index < -0.39 is 0 Å². The molecule has 14 heavy (non-hydrogen) atoms. The van der Waals surface area contributed by atoms with Gasteiger partial charge in [-0.15, -0.1) is 0 Å². The molecule has 0 amide bonds. The highest BCUT2D eigenvalue weighted by atomic mass is 16.1. The van der Waals surface area contributed by atoms with Crippen LogP contribution >= 0.6 is 0 Å². The molecule has 0 radical (unpaired) electrons. The van der Waals surface area contributed by atoms with Crippen LogP contribution in [0.1, 0.15) is 40.5 Å². The maximum absolute atomic E-state index is 11.3. The average Bonchev–Trinajstić information content (AvgIpc) is 2.01. The molecule has 78 valence electrons. The first-order chi connectivity index (χ1) is 6.50. The van der Waals surface area contributed by atoms with Gasteiger partial charge in [-0.1, -0.05) is 24.1 Å². The van der Waals surface area contributed by atoms with Gasteiger partial charge in [-0.05, 0) is 45.1 Å². The van der Waals surface area contributed by atoms with Crippen molar-refractivity contribution in [1.29, 1.82) is 0 Å². The van der Waals surface area contributed by atoms with E-state index in [-0.39, 0.29) is 0 Å². The second-order valence-corrected chi connectivity index (χ2v) is 4.66. The lowest BCUT2D eigenvalue weighted by molar-refractivity contribution is -0.116. The van der Waals surface area contributed by atoms with Crippen molar-refractivity contribution in [3.63, 3.8) is 0 Å². The van der Waals surface area contributed by atoms with Crippen LogP contribution in [-0.4, -0.2) is 5.78 Å². The quantitative estimate of drug-likeness (QED) is 0.612. The number of carbonyl (C=O) groups excluding carboxylic acids is 1. The van der Waals surface area contributed by atoms with Crippen molar-refractivity contribution < 1.29 is 4.79 Å². The van der Waals surface area contributed by atoms with Crippen molar-refractivity contribution in [2.45, 2.75) is 40.5 Å². The number of ketones is 1. The molecule has 0 saturated heterocycles. The summed E-state index contributed by atoms with van der Waals surface area (Å²) in [6.45, 7) is 8.50. The van der Waals surface area contributed by atoms with Gasteiger partial charge in [-0.25, -0.2) is 0 Å². The molecule has 1 nitrogen and oxygen atoms in total. The van der Waals surface area contributed by atoms with E-state index in [0.717, 1.165) is 12.8 Å². The number of hydrogen-bond donors (Lipinski definition) is 0. The molecule has 0 aromatic carbocycles. The topological polar surface area (TPSA) is 17.1 Å². The first-order valence-electron chi connectivity index (χ1n) is 5.35. The summed E-state index contributed by atoms with van der Waals surface area (Å²) in [5.74, 6) is 1.37. The zero-order valence-electron chi connectivity index (χ0n) is 9.63. The lowest BCUT2D eigenvalue weighted by atomic mass is 9.77. The monoisotopic (exact) mass is 192 g/mol. The Morgan fingerprint density at radius 3 is 2.71 bits per heavy atom. The highest BCUT2D eigenvalue weighted by Gasteiger charge is 2.24. The van der Waals surface area contributed by atoms with Crippen molar-refractivity contribution >= 4 is 5.78 Å². The van der Waals surface area contributed by atoms with E-state index in [2.05, 4.69) is 33.8 Å². The Balaban J connectivity index is 2.72. The van der Waals surface area contributed by atoms with Crippen LogP contribution in [0, 0.1) is 11.8 Å². The van der Waals surface area contributed by atoms with Gasteiger partial charge in [0.2, 0.25) is 0 Å². The van der Waals surface area contributed by atoms with Gasteiger partial charge in [0.1, 0.15) is 0 Å². The highest BCUT2D eigenvalue weighted by Crippen LogP contribution is 2.31. The lowest BCUT2D eigenvalue weighted by Crippen LogP contribution is -2.21. The Morgan fingerprint density at radius 2 is 2.21 bits per heavy atom. The van der Waals surface area contributed by atoms with Crippen molar-refractivity contribution in [3.05, 3.63) is 23.3 Å². The van der Waals surface area contributed by atoms with Crippen LogP contribution in [0.25, 0.3) is 0 Å². The summed E-state index contributed by atoms with van der Waals surface area (Å²) in [6.07, 6.45) is 5.90. The predicted octanol–water partition coefficient (Wildman–Crippen LogP) is 3.51. The fourth-order valence-electron chi connectivity index (χ4n) is 2.11. The molecule has 0 aromatic rings. The molecular formula is C13H20O. The molecule has 0 fully saturated rings. The summed E-state index contributed by atoms with van der Waals surface area (Å²) >= 11 is 0. The highest BCUT2D eigenvalue weighted by molar-refractivity contribution is 5.91. The minimum atomic E-state index is 0.295. The van der Waals surface area contributed by atoms with Crippen LogP contribution in [0.4, 0.5) is 0 Å². The molecule has 0 unspecified atom stereocenters. The van der Waals surface area contributed by atoms with Gasteiger partial charge in [-0.3, -0.25) is 4.79 Å². The summed E-state index contributed by atoms with van der Waals surface area (Å²) in [6, 6.07) is 0. The van der Waals surface area contributed by atoms with Crippen LogP contribution < -0.4 is 0 Å². The summed E-state index contributed by atoms with van der Waals surface area (Å²) in [7, 11) is 0. The standard InChI is InChI=1S/C13H20O/c1-9(2)5-6-13-10(3)7-12(14)8-11(13)4/h5,7,11,13H,6,8H2,1-4H3/t11-,13-/m1/s1. The summed E-state index contributed by atoms with van der Waals surface area (Å²) < 4.78 is 0. The summed E-state index contributed by atoms with van der Waals surface area (Å²) in [5, 5.41) is 0. The molecule has 0 aliphatic heterocycles. The predicted molar refractivity (Wildman–Crippen MR) is 60.1 cm³/mol. The Kier molecular flexibility index (Phi) is 3.68. The maximum Gasteiger partial charge on any atom is 0.155 e. The van der Waals surface area contributed by atoms with Gasteiger partial charge in [0, 0.05) is 6.42 Å². The SMILES string of the molecule is CC(C)=CC[C@@H]1C(C)=CC(=O)C[C@H]1C. The Morgan fingerprint density at radius 1 is 1.57 bits per heavy atom. The number of allylic oxidation sites excluding steroid dienone is 4. The molecule has 1 aliphatic carbocycles. The Bertz CT molecular complexity index is 280. The van der Waals surface area contributed by atoms with E-state index in [9.17, 15) is 4.79 Å². The van der Waals surface area contributed by atoms with Crippen molar-refractivity contribution in [1.82, 2.24) is 0 Å². The molecule has 0 N–H and O–H groups in total. The zero-order valence-corrected chi connectivity index (χ0v) is 9.63. The average molecular weight is 192 g/mol. The van der Waals surface area contributed by atoms with Crippen molar-refractivity contribution in [3.8, 4) is 0 Å². The minimum Gasteiger partial charge on any atom is -0.295 e. The van der Waals surface area contributed by atoms with Gasteiger partial charge in [0.25, 0.3) is 0 Å². The fraction of sp³-hybridized carbons (Fsp3) is 0.615. The molecule has 0 aromatic heterocycles.